The molecular formula is C24H22BrN3O4. The predicted octanol–water partition coefficient (Wildman–Crippen LogP) is 4.44. The average molecular weight is 496 g/mol. The summed E-state index contributed by atoms with van der Waals surface area (Å²) in [5.41, 5.74) is 3.76. The molecule has 3 aromatic rings. The maximum Gasteiger partial charge on any atom is 0.270 e. The number of carbonyl (C=O) groups is 1. The van der Waals surface area contributed by atoms with E-state index in [1.807, 2.05) is 42.5 Å². The molecule has 0 saturated carbocycles. The number of fused-ring (bicyclic) bond motifs is 1. The van der Waals surface area contributed by atoms with Crippen LogP contribution in [0.1, 0.15) is 41.4 Å². The zero-order chi connectivity index (χ0) is 22.4. The second-order valence-electron chi connectivity index (χ2n) is 8.01. The van der Waals surface area contributed by atoms with E-state index < -0.39 is 5.92 Å². The zero-order valence-electron chi connectivity index (χ0n) is 17.6. The lowest BCUT2D eigenvalue weighted by Crippen LogP contribution is -2.31. The molecule has 2 unspecified atom stereocenters. The van der Waals surface area contributed by atoms with E-state index in [0.29, 0.717) is 41.3 Å². The van der Waals surface area contributed by atoms with Gasteiger partial charge in [0, 0.05) is 28.1 Å². The van der Waals surface area contributed by atoms with Crippen molar-refractivity contribution in [3.63, 3.8) is 0 Å². The summed E-state index contributed by atoms with van der Waals surface area (Å²) in [6, 6.07) is 13.5. The van der Waals surface area contributed by atoms with Crippen LogP contribution in [0.2, 0.25) is 0 Å². The molecule has 7 nitrogen and oxygen atoms in total. The highest BCUT2D eigenvalue weighted by Gasteiger charge is 2.40. The van der Waals surface area contributed by atoms with Gasteiger partial charge in [0.25, 0.3) is 5.56 Å². The van der Waals surface area contributed by atoms with Gasteiger partial charge in [0.15, 0.2) is 17.3 Å². The Hall–Kier alpha value is -3.26. The molecule has 2 aliphatic rings. The summed E-state index contributed by atoms with van der Waals surface area (Å²) in [5.74, 6) is 1.52. The fraction of sp³-hybridized carbons (Fsp3) is 0.250. The lowest BCUT2D eigenvalue weighted by molar-refractivity contribution is -0.116. The first kappa shape index (κ1) is 20.6. The van der Waals surface area contributed by atoms with Crippen LogP contribution in [0, 0.1) is 0 Å². The summed E-state index contributed by atoms with van der Waals surface area (Å²) in [7, 11) is 3.20. The largest absolute Gasteiger partial charge is 0.493 e. The van der Waals surface area contributed by atoms with Crippen LogP contribution in [0.5, 0.6) is 11.5 Å². The number of allylic oxidation sites excluding steroid dienone is 2. The number of carbonyl (C=O) groups excluding carboxylic acids is 1. The molecule has 0 bridgehead atoms. The highest BCUT2D eigenvalue weighted by molar-refractivity contribution is 9.10. The summed E-state index contributed by atoms with van der Waals surface area (Å²) in [6.07, 6.45) is 1.01. The van der Waals surface area contributed by atoms with Crippen molar-refractivity contribution in [1.82, 2.24) is 10.2 Å². The molecular weight excluding hydrogens is 474 g/mol. The highest BCUT2D eigenvalue weighted by atomic mass is 79.9. The van der Waals surface area contributed by atoms with Crippen molar-refractivity contribution in [2.75, 3.05) is 19.5 Å². The first-order chi connectivity index (χ1) is 15.5. The third-order valence-electron chi connectivity index (χ3n) is 6.26. The van der Waals surface area contributed by atoms with Crippen molar-refractivity contribution in [1.29, 1.82) is 0 Å². The van der Waals surface area contributed by atoms with Crippen LogP contribution in [-0.2, 0) is 4.79 Å². The molecule has 1 aliphatic carbocycles. The first-order valence-electron chi connectivity index (χ1n) is 10.3. The Morgan fingerprint density at radius 3 is 2.34 bits per heavy atom. The third kappa shape index (κ3) is 3.35. The standard InChI is InChI=1S/C24H22BrN3O4/c1-31-18-8-5-13(11-19(18)32-2)14-9-16-21(17(29)10-14)20(12-3-6-15(25)7-4-12)22-23(26-16)27-28-24(22)30/h3-8,11,14,20H,9-10H2,1-2H3,(H3,26,27,28,30). The van der Waals surface area contributed by atoms with Crippen LogP contribution in [-0.4, -0.2) is 30.2 Å². The lowest BCUT2D eigenvalue weighted by atomic mass is 9.73. The molecule has 1 aromatic heterocycles. The van der Waals surface area contributed by atoms with Crippen molar-refractivity contribution in [3.05, 3.63) is 85.3 Å². The Kier molecular flexibility index (Phi) is 5.17. The molecule has 164 valence electrons. The summed E-state index contributed by atoms with van der Waals surface area (Å²) in [4.78, 5) is 26.1. The monoisotopic (exact) mass is 495 g/mol. The van der Waals surface area contributed by atoms with E-state index in [1.165, 1.54) is 0 Å². The van der Waals surface area contributed by atoms with Crippen LogP contribution in [0.15, 0.2) is 63.0 Å². The topological polar surface area (TPSA) is 96.2 Å². The van der Waals surface area contributed by atoms with Crippen LogP contribution in [0.25, 0.3) is 0 Å². The number of methoxy groups -OCH3 is 2. The molecule has 5 rings (SSSR count). The number of ketones is 1. The molecule has 1 aliphatic heterocycles. The number of benzene rings is 2. The summed E-state index contributed by atoms with van der Waals surface area (Å²) in [6.45, 7) is 0. The summed E-state index contributed by atoms with van der Waals surface area (Å²) < 4.78 is 11.7. The van der Waals surface area contributed by atoms with Crippen LogP contribution in [0.4, 0.5) is 5.82 Å². The Balaban J connectivity index is 1.58. The Bertz CT molecular complexity index is 1290. The van der Waals surface area contributed by atoms with Gasteiger partial charge in [0.2, 0.25) is 0 Å². The summed E-state index contributed by atoms with van der Waals surface area (Å²) >= 11 is 3.46. The van der Waals surface area contributed by atoms with Crippen molar-refractivity contribution >= 4 is 27.5 Å². The van der Waals surface area contributed by atoms with E-state index in [9.17, 15) is 9.59 Å². The molecule has 0 saturated heterocycles. The number of anilines is 1. The molecule has 2 heterocycles. The third-order valence-corrected chi connectivity index (χ3v) is 6.79. The minimum Gasteiger partial charge on any atom is -0.493 e. The molecule has 2 atom stereocenters. The van der Waals surface area contributed by atoms with Crippen molar-refractivity contribution < 1.29 is 14.3 Å². The number of aromatic nitrogens is 2. The number of halogens is 1. The number of hydrogen-bond donors (Lipinski definition) is 3. The van der Waals surface area contributed by atoms with Crippen LogP contribution in [0.3, 0.4) is 0 Å². The minimum atomic E-state index is -0.414. The molecule has 0 spiro atoms. The molecule has 3 N–H and O–H groups in total. The maximum absolute atomic E-state index is 13.5. The van der Waals surface area contributed by atoms with Gasteiger partial charge >= 0.3 is 0 Å². The second kappa shape index (κ2) is 8.02. The second-order valence-corrected chi connectivity index (χ2v) is 8.93. The average Bonchev–Trinajstić information content (AvgIpc) is 3.18. The Morgan fingerprint density at radius 1 is 0.906 bits per heavy atom. The Labute approximate surface area is 192 Å². The molecule has 0 fully saturated rings. The van der Waals surface area contributed by atoms with Gasteiger partial charge in [-0.05, 0) is 47.7 Å². The van der Waals surface area contributed by atoms with Gasteiger partial charge in [-0.1, -0.05) is 34.1 Å². The van der Waals surface area contributed by atoms with Crippen molar-refractivity contribution in [3.8, 4) is 11.5 Å². The van der Waals surface area contributed by atoms with E-state index in [2.05, 4.69) is 31.4 Å². The first-order valence-corrected chi connectivity index (χ1v) is 11.1. The quantitative estimate of drug-likeness (QED) is 0.497. The van der Waals surface area contributed by atoms with Gasteiger partial charge in [-0.25, -0.2) is 0 Å². The number of nitrogens with one attached hydrogen (secondary N) is 3. The normalized spacial score (nSPS) is 19.8. The SMILES string of the molecule is COc1ccc(C2CC(=O)C3=C(C2)Nc2[nH][nH]c(=O)c2C3c2ccc(Br)cc2)cc1OC. The number of ether oxygens (including phenoxy) is 2. The highest BCUT2D eigenvalue weighted by Crippen LogP contribution is 2.47. The van der Waals surface area contributed by atoms with Gasteiger partial charge in [0.05, 0.1) is 19.8 Å². The van der Waals surface area contributed by atoms with Crippen LogP contribution < -0.4 is 20.3 Å². The Morgan fingerprint density at radius 2 is 1.62 bits per heavy atom. The van der Waals surface area contributed by atoms with Gasteiger partial charge < -0.3 is 14.8 Å². The van der Waals surface area contributed by atoms with E-state index >= 15 is 0 Å². The van der Waals surface area contributed by atoms with E-state index in [0.717, 1.165) is 21.3 Å². The molecule has 8 heteroatoms. The smallest absolute Gasteiger partial charge is 0.270 e. The van der Waals surface area contributed by atoms with Gasteiger partial charge in [-0.15, -0.1) is 0 Å². The van der Waals surface area contributed by atoms with E-state index in [4.69, 9.17) is 9.47 Å². The minimum absolute atomic E-state index is 0.00802. The zero-order valence-corrected chi connectivity index (χ0v) is 19.2. The predicted molar refractivity (Wildman–Crippen MR) is 125 cm³/mol. The molecule has 32 heavy (non-hydrogen) atoms. The van der Waals surface area contributed by atoms with Gasteiger partial charge in [-0.3, -0.25) is 19.8 Å². The van der Waals surface area contributed by atoms with Gasteiger partial charge in [0.1, 0.15) is 5.82 Å². The fourth-order valence-electron chi connectivity index (χ4n) is 4.75. The fourth-order valence-corrected chi connectivity index (χ4v) is 5.02. The van der Waals surface area contributed by atoms with Crippen molar-refractivity contribution in [2.45, 2.75) is 24.7 Å². The molecule has 0 amide bonds. The number of Topliss-reactive ketones (excluding diaryl/α,β-unsaturated/α-hetero) is 1. The summed E-state index contributed by atoms with van der Waals surface area (Å²) in [5, 5.41) is 8.92. The number of H-pyrrole nitrogens is 2. The van der Waals surface area contributed by atoms with Gasteiger partial charge in [-0.2, -0.15) is 0 Å². The lowest BCUT2D eigenvalue weighted by Gasteiger charge is -2.34. The van der Waals surface area contributed by atoms with Crippen molar-refractivity contribution in [2.24, 2.45) is 0 Å². The maximum atomic E-state index is 13.5. The van der Waals surface area contributed by atoms with E-state index in [-0.39, 0.29) is 17.3 Å². The van der Waals surface area contributed by atoms with Crippen LogP contribution >= 0.6 is 15.9 Å². The number of aromatic amines is 2. The van der Waals surface area contributed by atoms with E-state index in [1.54, 1.807) is 14.2 Å². The molecule has 0 radical (unpaired) electrons. The number of hydrogen-bond acceptors (Lipinski definition) is 5. The molecule has 2 aromatic carbocycles. The number of rotatable bonds is 4.